The van der Waals surface area contributed by atoms with Gasteiger partial charge in [-0.3, -0.25) is 19.3 Å². The molecule has 7 nitrogen and oxygen atoms in total. The van der Waals surface area contributed by atoms with Crippen LogP contribution in [0.2, 0.25) is 0 Å². The number of carbonyl (C=O) groups is 3. The van der Waals surface area contributed by atoms with Crippen molar-refractivity contribution in [2.45, 2.75) is 20.4 Å². The van der Waals surface area contributed by atoms with Crippen LogP contribution in [0.25, 0.3) is 6.08 Å². The molecule has 0 radical (unpaired) electrons. The topological polar surface area (TPSA) is 84.9 Å². The number of hydrogen-bond acceptors (Lipinski definition) is 6. The van der Waals surface area contributed by atoms with E-state index in [9.17, 15) is 14.4 Å². The second-order valence-electron chi connectivity index (χ2n) is 8.56. The molecule has 1 N–H and O–H groups in total. The van der Waals surface area contributed by atoms with Crippen molar-refractivity contribution in [1.82, 2.24) is 4.90 Å². The van der Waals surface area contributed by atoms with Crippen molar-refractivity contribution in [3.05, 3.63) is 90.7 Å². The SMILES string of the molecule is COc1cc(/C=C2/SC(=O)N(Cc3ccc(Br)cc3)C2=O)ccc1OCC(=O)Nc1cc(C)c(C)cc1Br. The summed E-state index contributed by atoms with van der Waals surface area (Å²) in [6.45, 7) is 3.96. The summed E-state index contributed by atoms with van der Waals surface area (Å²) < 4.78 is 12.9. The van der Waals surface area contributed by atoms with Gasteiger partial charge >= 0.3 is 0 Å². The largest absolute Gasteiger partial charge is 0.493 e. The van der Waals surface area contributed by atoms with Crippen molar-refractivity contribution >= 4 is 72.4 Å². The third-order valence-electron chi connectivity index (χ3n) is 5.83. The maximum atomic E-state index is 12.9. The highest BCUT2D eigenvalue weighted by molar-refractivity contribution is 9.10. The van der Waals surface area contributed by atoms with Gasteiger partial charge in [-0.25, -0.2) is 0 Å². The number of carbonyl (C=O) groups excluding carboxylic acids is 3. The molecule has 0 aliphatic carbocycles. The Morgan fingerprint density at radius 3 is 2.42 bits per heavy atom. The van der Waals surface area contributed by atoms with Crippen molar-refractivity contribution in [3.63, 3.8) is 0 Å². The van der Waals surface area contributed by atoms with E-state index >= 15 is 0 Å². The molecule has 1 aliphatic rings. The van der Waals surface area contributed by atoms with Crippen molar-refractivity contribution in [2.75, 3.05) is 19.0 Å². The van der Waals surface area contributed by atoms with E-state index in [-0.39, 0.29) is 30.2 Å². The standard InChI is InChI=1S/C28H24Br2N2O5S/c1-16-10-21(30)22(11-17(16)2)31-26(33)15-37-23-9-6-19(12-24(23)36-3)13-25-27(34)32(28(35)38-25)14-18-4-7-20(29)8-5-18/h4-13H,14-15H2,1-3H3,(H,31,33)/b25-13+. The second-order valence-corrected chi connectivity index (χ2v) is 11.3. The zero-order valence-corrected chi connectivity index (χ0v) is 24.8. The van der Waals surface area contributed by atoms with E-state index in [0.29, 0.717) is 27.7 Å². The zero-order chi connectivity index (χ0) is 27.4. The van der Waals surface area contributed by atoms with Crippen LogP contribution in [0.5, 0.6) is 11.5 Å². The van der Waals surface area contributed by atoms with Gasteiger partial charge in [0.25, 0.3) is 17.1 Å². The number of nitrogens with zero attached hydrogens (tertiary/aromatic N) is 1. The first-order chi connectivity index (χ1) is 18.1. The van der Waals surface area contributed by atoms with E-state index < -0.39 is 0 Å². The Kier molecular flexibility index (Phi) is 8.96. The molecule has 0 saturated carbocycles. The van der Waals surface area contributed by atoms with Gasteiger partial charge in [-0.15, -0.1) is 0 Å². The number of hydrogen-bond donors (Lipinski definition) is 1. The summed E-state index contributed by atoms with van der Waals surface area (Å²) >= 11 is 7.75. The lowest BCUT2D eigenvalue weighted by atomic mass is 10.1. The summed E-state index contributed by atoms with van der Waals surface area (Å²) in [4.78, 5) is 39.4. The van der Waals surface area contributed by atoms with Gasteiger partial charge in [0.05, 0.1) is 24.2 Å². The predicted molar refractivity (Wildman–Crippen MR) is 156 cm³/mol. The molecule has 1 heterocycles. The highest BCUT2D eigenvalue weighted by atomic mass is 79.9. The number of imide groups is 1. The number of methoxy groups -OCH3 is 1. The minimum atomic E-state index is -0.351. The second kappa shape index (κ2) is 12.2. The molecule has 0 bridgehead atoms. The number of aryl methyl sites for hydroxylation is 2. The molecule has 3 aromatic rings. The van der Waals surface area contributed by atoms with Crippen LogP contribution < -0.4 is 14.8 Å². The lowest BCUT2D eigenvalue weighted by Crippen LogP contribution is -2.27. The summed E-state index contributed by atoms with van der Waals surface area (Å²) in [5, 5.41) is 2.52. The van der Waals surface area contributed by atoms with E-state index in [1.54, 1.807) is 24.3 Å². The molecule has 4 rings (SSSR count). The average Bonchev–Trinajstić information content (AvgIpc) is 3.14. The molecule has 0 unspecified atom stereocenters. The van der Waals surface area contributed by atoms with Gasteiger partial charge < -0.3 is 14.8 Å². The minimum Gasteiger partial charge on any atom is -0.493 e. The van der Waals surface area contributed by atoms with Gasteiger partial charge in [0.15, 0.2) is 18.1 Å². The van der Waals surface area contributed by atoms with Crippen LogP contribution >= 0.6 is 43.6 Å². The van der Waals surface area contributed by atoms with Crippen LogP contribution in [0, 0.1) is 13.8 Å². The van der Waals surface area contributed by atoms with Gasteiger partial charge in [-0.05, 0) is 106 Å². The van der Waals surface area contributed by atoms with Gasteiger partial charge in [-0.1, -0.05) is 34.1 Å². The van der Waals surface area contributed by atoms with Crippen molar-refractivity contribution < 1.29 is 23.9 Å². The molecule has 3 amide bonds. The van der Waals surface area contributed by atoms with Crippen molar-refractivity contribution in [1.29, 1.82) is 0 Å². The van der Waals surface area contributed by atoms with E-state index in [2.05, 4.69) is 37.2 Å². The van der Waals surface area contributed by atoms with Crippen LogP contribution in [0.4, 0.5) is 10.5 Å². The first-order valence-corrected chi connectivity index (χ1v) is 13.9. The molecule has 1 aliphatic heterocycles. The number of benzene rings is 3. The van der Waals surface area contributed by atoms with E-state index in [4.69, 9.17) is 9.47 Å². The van der Waals surface area contributed by atoms with E-state index in [1.807, 2.05) is 50.2 Å². The quantitative estimate of drug-likeness (QED) is 0.260. The third kappa shape index (κ3) is 6.67. The van der Waals surface area contributed by atoms with Crippen molar-refractivity contribution in [3.8, 4) is 11.5 Å². The highest BCUT2D eigenvalue weighted by Crippen LogP contribution is 2.35. The summed E-state index contributed by atoms with van der Waals surface area (Å²) in [6, 6.07) is 16.4. The maximum Gasteiger partial charge on any atom is 0.293 e. The Bertz CT molecular complexity index is 1440. The van der Waals surface area contributed by atoms with Crippen molar-refractivity contribution in [2.24, 2.45) is 0 Å². The molecule has 0 atom stereocenters. The fourth-order valence-corrected chi connectivity index (χ4v) is 5.32. The summed E-state index contributed by atoms with van der Waals surface area (Å²) in [6.07, 6.45) is 1.64. The van der Waals surface area contributed by atoms with Gasteiger partial charge in [0.2, 0.25) is 0 Å². The van der Waals surface area contributed by atoms with Gasteiger partial charge in [0.1, 0.15) is 0 Å². The van der Waals surface area contributed by atoms with Gasteiger partial charge in [-0.2, -0.15) is 0 Å². The van der Waals surface area contributed by atoms with Gasteiger partial charge in [0, 0.05) is 8.95 Å². The lowest BCUT2D eigenvalue weighted by molar-refractivity contribution is -0.123. The van der Waals surface area contributed by atoms with Crippen LogP contribution in [-0.2, 0) is 16.1 Å². The van der Waals surface area contributed by atoms with E-state index in [0.717, 1.165) is 37.4 Å². The number of rotatable bonds is 8. The molecule has 0 spiro atoms. The number of amides is 3. The molecule has 196 valence electrons. The fourth-order valence-electron chi connectivity index (χ4n) is 3.66. The highest BCUT2D eigenvalue weighted by Gasteiger charge is 2.35. The smallest absolute Gasteiger partial charge is 0.293 e. The van der Waals surface area contributed by atoms with Crippen LogP contribution in [0.15, 0.2) is 68.4 Å². The predicted octanol–water partition coefficient (Wildman–Crippen LogP) is 7.09. The van der Waals surface area contributed by atoms with Crippen LogP contribution in [0.3, 0.4) is 0 Å². The first-order valence-electron chi connectivity index (χ1n) is 11.5. The Morgan fingerprint density at radius 1 is 1.00 bits per heavy atom. The molecule has 3 aromatic carbocycles. The summed E-state index contributed by atoms with van der Waals surface area (Å²) in [5.74, 6) is 0.103. The number of ether oxygens (including phenoxy) is 2. The van der Waals surface area contributed by atoms with Crippen LogP contribution in [-0.4, -0.2) is 35.7 Å². The summed E-state index contributed by atoms with van der Waals surface area (Å²) in [7, 11) is 1.49. The average molecular weight is 660 g/mol. The minimum absolute atomic E-state index is 0.201. The molecule has 1 saturated heterocycles. The maximum absolute atomic E-state index is 12.9. The number of thioether (sulfide) groups is 1. The molecule has 38 heavy (non-hydrogen) atoms. The molecular formula is C28H24Br2N2O5S. The molecular weight excluding hydrogens is 636 g/mol. The zero-order valence-electron chi connectivity index (χ0n) is 20.8. The first kappa shape index (κ1) is 27.9. The molecule has 10 heteroatoms. The Hall–Kier alpha value is -3.08. The van der Waals surface area contributed by atoms with E-state index in [1.165, 1.54) is 12.0 Å². The Labute approximate surface area is 241 Å². The fraction of sp³-hybridized carbons (Fsp3) is 0.179. The third-order valence-corrected chi connectivity index (χ3v) is 7.92. The lowest BCUT2D eigenvalue weighted by Gasteiger charge is -2.13. The number of nitrogens with one attached hydrogen (secondary N) is 1. The number of halogens is 2. The Morgan fingerprint density at radius 2 is 1.71 bits per heavy atom. The Balaban J connectivity index is 1.42. The monoisotopic (exact) mass is 658 g/mol. The normalized spacial score (nSPS) is 14.2. The molecule has 0 aromatic heterocycles. The molecule has 1 fully saturated rings. The summed E-state index contributed by atoms with van der Waals surface area (Å²) in [5.41, 5.74) is 4.36. The number of anilines is 1. The van der Waals surface area contributed by atoms with Crippen LogP contribution in [0.1, 0.15) is 22.3 Å².